The minimum atomic E-state index is -0.183. The fraction of sp³-hybridized carbons (Fsp3) is 0.929. The van der Waals surface area contributed by atoms with E-state index in [0.29, 0.717) is 0 Å². The number of hydrogen-bond donors (Lipinski definition) is 1. The number of nitrogens with one attached hydrogen (secondary N) is 1. The maximum absolute atomic E-state index is 12.1. The zero-order valence-electron chi connectivity index (χ0n) is 12.3. The molecule has 102 valence electrons. The number of carbonyl (C=O) groups excluding carboxylic acids is 1. The molecule has 0 radical (unpaired) electrons. The average Bonchev–Trinajstić information content (AvgIpc) is 2.34. The molecule has 0 bridgehead atoms. The van der Waals surface area contributed by atoms with Crippen LogP contribution in [0.2, 0.25) is 0 Å². The lowest BCUT2D eigenvalue weighted by Gasteiger charge is -2.27. The molecule has 0 aromatic heterocycles. The van der Waals surface area contributed by atoms with Crippen LogP contribution in [-0.4, -0.2) is 37.0 Å². The Hall–Kier alpha value is -0.570. The van der Waals surface area contributed by atoms with Crippen molar-refractivity contribution in [1.29, 1.82) is 0 Å². The van der Waals surface area contributed by atoms with Gasteiger partial charge in [-0.25, -0.2) is 0 Å². The van der Waals surface area contributed by atoms with E-state index >= 15 is 0 Å². The Morgan fingerprint density at radius 1 is 1.18 bits per heavy atom. The van der Waals surface area contributed by atoms with E-state index in [1.165, 1.54) is 0 Å². The molecule has 1 atom stereocenters. The molecule has 0 saturated heterocycles. The van der Waals surface area contributed by atoms with E-state index in [9.17, 15) is 4.79 Å². The monoisotopic (exact) mass is 242 g/mol. The summed E-state index contributed by atoms with van der Waals surface area (Å²) in [5, 5.41) is 3.08. The van der Waals surface area contributed by atoms with E-state index in [4.69, 9.17) is 0 Å². The molecule has 0 aliphatic heterocycles. The van der Waals surface area contributed by atoms with E-state index in [0.717, 1.165) is 45.4 Å². The third-order valence-electron chi connectivity index (χ3n) is 3.74. The first-order valence-corrected chi connectivity index (χ1v) is 7.04. The molecular formula is C14H30N2O. The summed E-state index contributed by atoms with van der Waals surface area (Å²) in [4.78, 5) is 14.4. The predicted octanol–water partition coefficient (Wildman–Crippen LogP) is 2.66. The highest BCUT2D eigenvalue weighted by molar-refractivity contribution is 5.82. The van der Waals surface area contributed by atoms with Crippen LogP contribution in [0.25, 0.3) is 0 Å². The Bertz CT molecular complexity index is 214. The van der Waals surface area contributed by atoms with Crippen LogP contribution >= 0.6 is 0 Å². The van der Waals surface area contributed by atoms with Crippen molar-refractivity contribution in [1.82, 2.24) is 10.2 Å². The Kier molecular flexibility index (Phi) is 8.23. The quantitative estimate of drug-likeness (QED) is 0.674. The highest BCUT2D eigenvalue weighted by atomic mass is 16.2. The molecule has 0 fully saturated rings. The standard InChI is InChI=1S/C14H30N2O/c1-6-10-14(5,7-2)13(17)15-11-12-16(8-3)9-4/h6-12H2,1-5H3,(H,15,17). The third kappa shape index (κ3) is 5.53. The van der Waals surface area contributed by atoms with E-state index in [1.54, 1.807) is 0 Å². The van der Waals surface area contributed by atoms with Crippen LogP contribution in [0.4, 0.5) is 0 Å². The summed E-state index contributed by atoms with van der Waals surface area (Å²) in [6.07, 6.45) is 2.95. The third-order valence-corrected chi connectivity index (χ3v) is 3.74. The molecule has 0 rings (SSSR count). The van der Waals surface area contributed by atoms with Gasteiger partial charge in [0.1, 0.15) is 0 Å². The number of likely N-dealkylation sites (N-methyl/N-ethyl adjacent to an activating group) is 1. The van der Waals surface area contributed by atoms with Gasteiger partial charge in [-0.1, -0.05) is 41.0 Å². The number of rotatable bonds is 9. The number of carbonyl (C=O) groups is 1. The van der Waals surface area contributed by atoms with Crippen molar-refractivity contribution in [3.63, 3.8) is 0 Å². The summed E-state index contributed by atoms with van der Waals surface area (Å²) in [5.74, 6) is 0.217. The molecule has 0 aromatic rings. The molecule has 0 heterocycles. The van der Waals surface area contributed by atoms with Gasteiger partial charge in [0.2, 0.25) is 5.91 Å². The summed E-state index contributed by atoms with van der Waals surface area (Å²) in [7, 11) is 0. The molecule has 17 heavy (non-hydrogen) atoms. The first-order valence-electron chi connectivity index (χ1n) is 7.04. The second-order valence-corrected chi connectivity index (χ2v) is 4.95. The van der Waals surface area contributed by atoms with Crippen molar-refractivity contribution in [2.24, 2.45) is 5.41 Å². The molecule has 0 spiro atoms. The maximum atomic E-state index is 12.1. The molecule has 1 amide bonds. The van der Waals surface area contributed by atoms with Crippen LogP contribution in [-0.2, 0) is 4.79 Å². The average molecular weight is 242 g/mol. The molecular weight excluding hydrogens is 212 g/mol. The van der Waals surface area contributed by atoms with Gasteiger partial charge in [0.25, 0.3) is 0 Å². The minimum absolute atomic E-state index is 0.183. The van der Waals surface area contributed by atoms with Gasteiger partial charge >= 0.3 is 0 Å². The molecule has 1 N–H and O–H groups in total. The summed E-state index contributed by atoms with van der Waals surface area (Å²) < 4.78 is 0. The Labute approximate surface area is 107 Å². The zero-order chi connectivity index (χ0) is 13.3. The maximum Gasteiger partial charge on any atom is 0.225 e. The predicted molar refractivity (Wildman–Crippen MR) is 74.1 cm³/mol. The molecule has 3 heteroatoms. The Morgan fingerprint density at radius 2 is 1.76 bits per heavy atom. The van der Waals surface area contributed by atoms with Crippen LogP contribution < -0.4 is 5.32 Å². The zero-order valence-corrected chi connectivity index (χ0v) is 12.3. The summed E-state index contributed by atoms with van der Waals surface area (Å²) in [6, 6.07) is 0. The number of nitrogens with zero attached hydrogens (tertiary/aromatic N) is 1. The van der Waals surface area contributed by atoms with Crippen molar-refractivity contribution < 1.29 is 4.79 Å². The number of amides is 1. The fourth-order valence-electron chi connectivity index (χ4n) is 2.08. The molecule has 0 aliphatic rings. The molecule has 0 saturated carbocycles. The van der Waals surface area contributed by atoms with E-state index < -0.39 is 0 Å². The van der Waals surface area contributed by atoms with Crippen molar-refractivity contribution in [2.45, 2.75) is 53.9 Å². The van der Waals surface area contributed by atoms with Crippen LogP contribution in [0.1, 0.15) is 53.9 Å². The van der Waals surface area contributed by atoms with Crippen molar-refractivity contribution in [3.8, 4) is 0 Å². The second kappa shape index (κ2) is 8.51. The first kappa shape index (κ1) is 16.4. The Balaban J connectivity index is 4.07. The highest BCUT2D eigenvalue weighted by Gasteiger charge is 2.29. The number of hydrogen-bond acceptors (Lipinski definition) is 2. The molecule has 1 unspecified atom stereocenters. The van der Waals surface area contributed by atoms with Crippen LogP contribution in [0.3, 0.4) is 0 Å². The van der Waals surface area contributed by atoms with Crippen LogP contribution in [0, 0.1) is 5.41 Å². The van der Waals surface area contributed by atoms with E-state index in [2.05, 4.69) is 44.8 Å². The van der Waals surface area contributed by atoms with Gasteiger partial charge in [-0.15, -0.1) is 0 Å². The lowest BCUT2D eigenvalue weighted by atomic mass is 9.82. The van der Waals surface area contributed by atoms with Gasteiger partial charge < -0.3 is 10.2 Å². The van der Waals surface area contributed by atoms with Gasteiger partial charge in [-0.3, -0.25) is 4.79 Å². The van der Waals surface area contributed by atoms with Gasteiger partial charge in [0, 0.05) is 18.5 Å². The van der Waals surface area contributed by atoms with Gasteiger partial charge in [-0.2, -0.15) is 0 Å². The molecule has 3 nitrogen and oxygen atoms in total. The SMILES string of the molecule is CCCC(C)(CC)C(=O)NCCN(CC)CC. The van der Waals surface area contributed by atoms with Crippen LogP contribution in [0.5, 0.6) is 0 Å². The van der Waals surface area contributed by atoms with Gasteiger partial charge in [0.05, 0.1) is 0 Å². The Morgan fingerprint density at radius 3 is 2.18 bits per heavy atom. The van der Waals surface area contributed by atoms with Crippen molar-refractivity contribution in [3.05, 3.63) is 0 Å². The minimum Gasteiger partial charge on any atom is -0.354 e. The summed E-state index contributed by atoms with van der Waals surface area (Å²) in [6.45, 7) is 14.4. The van der Waals surface area contributed by atoms with Gasteiger partial charge in [0.15, 0.2) is 0 Å². The fourth-order valence-corrected chi connectivity index (χ4v) is 2.08. The van der Waals surface area contributed by atoms with E-state index in [-0.39, 0.29) is 11.3 Å². The summed E-state index contributed by atoms with van der Waals surface area (Å²) >= 11 is 0. The largest absolute Gasteiger partial charge is 0.354 e. The van der Waals surface area contributed by atoms with E-state index in [1.807, 2.05) is 0 Å². The second-order valence-electron chi connectivity index (χ2n) is 4.95. The lowest BCUT2D eigenvalue weighted by molar-refractivity contribution is -0.130. The lowest BCUT2D eigenvalue weighted by Crippen LogP contribution is -2.42. The van der Waals surface area contributed by atoms with Crippen LogP contribution in [0.15, 0.2) is 0 Å². The highest BCUT2D eigenvalue weighted by Crippen LogP contribution is 2.27. The topological polar surface area (TPSA) is 32.3 Å². The van der Waals surface area contributed by atoms with Crippen molar-refractivity contribution in [2.75, 3.05) is 26.2 Å². The summed E-state index contributed by atoms with van der Waals surface area (Å²) in [5.41, 5.74) is -0.183. The smallest absolute Gasteiger partial charge is 0.225 e. The van der Waals surface area contributed by atoms with Gasteiger partial charge in [-0.05, 0) is 25.9 Å². The first-order chi connectivity index (χ1) is 8.03. The normalized spacial score (nSPS) is 14.7. The molecule has 0 aromatic carbocycles. The molecule has 0 aliphatic carbocycles. The van der Waals surface area contributed by atoms with Crippen molar-refractivity contribution >= 4 is 5.91 Å².